The van der Waals surface area contributed by atoms with Gasteiger partial charge in [-0.2, -0.15) is 0 Å². The number of aromatic nitrogens is 1. The van der Waals surface area contributed by atoms with Gasteiger partial charge in [-0.3, -0.25) is 14.4 Å². The molecule has 3 amide bonds. The molecule has 0 aliphatic carbocycles. The summed E-state index contributed by atoms with van der Waals surface area (Å²) in [7, 11) is 0. The number of para-hydroxylation sites is 1. The summed E-state index contributed by atoms with van der Waals surface area (Å²) in [5.74, 6) is -0.704. The lowest BCUT2D eigenvalue weighted by atomic mass is 9.89. The predicted molar refractivity (Wildman–Crippen MR) is 146 cm³/mol. The maximum Gasteiger partial charge on any atom is 0.255 e. The molecule has 0 spiro atoms. The molecular weight excluding hydrogens is 476 g/mol. The molecule has 3 heterocycles. The number of hydrogen-bond donors (Lipinski definition) is 3. The highest BCUT2D eigenvalue weighted by Crippen LogP contribution is 2.46. The fourth-order valence-electron chi connectivity index (χ4n) is 5.84. The molecule has 2 aliphatic rings. The third-order valence-electron chi connectivity index (χ3n) is 7.62. The van der Waals surface area contributed by atoms with Crippen LogP contribution in [0, 0.1) is 0 Å². The van der Waals surface area contributed by atoms with Gasteiger partial charge >= 0.3 is 0 Å². The number of benzene rings is 3. The Balaban J connectivity index is 1.37. The van der Waals surface area contributed by atoms with Gasteiger partial charge in [-0.1, -0.05) is 73.7 Å². The molecule has 3 atom stereocenters. The number of carbonyl (C=O) groups is 3. The first-order valence-corrected chi connectivity index (χ1v) is 13.2. The van der Waals surface area contributed by atoms with Gasteiger partial charge in [-0.15, -0.1) is 0 Å². The minimum absolute atomic E-state index is 0.162. The van der Waals surface area contributed by atoms with Crippen LogP contribution in [-0.2, 0) is 22.4 Å². The van der Waals surface area contributed by atoms with E-state index in [2.05, 4.69) is 15.6 Å². The number of aromatic amines is 1. The second-order valence-electron chi connectivity index (χ2n) is 10.0. The second kappa shape index (κ2) is 9.82. The SMILES string of the molecule is CCCNC(=O)[C@H](Cc1ccccc1)NC(=O)[C@H]1Cc2c([nH]c3ccccc23)[C@H]2c3ccccc3C(=O)N21. The topological polar surface area (TPSA) is 94.3 Å². The van der Waals surface area contributed by atoms with E-state index in [1.54, 1.807) is 4.90 Å². The van der Waals surface area contributed by atoms with Crippen molar-refractivity contribution >= 4 is 28.6 Å². The van der Waals surface area contributed by atoms with Crippen LogP contribution in [0.2, 0.25) is 0 Å². The summed E-state index contributed by atoms with van der Waals surface area (Å²) in [4.78, 5) is 46.0. The Kier molecular flexibility index (Phi) is 6.19. The number of nitrogens with one attached hydrogen (secondary N) is 3. The molecule has 0 saturated carbocycles. The van der Waals surface area contributed by atoms with Gasteiger partial charge in [0.1, 0.15) is 12.1 Å². The third-order valence-corrected chi connectivity index (χ3v) is 7.62. The van der Waals surface area contributed by atoms with Crippen molar-refractivity contribution in [1.29, 1.82) is 0 Å². The van der Waals surface area contributed by atoms with Gasteiger partial charge in [-0.05, 0) is 35.2 Å². The lowest BCUT2D eigenvalue weighted by Crippen LogP contribution is -2.57. The van der Waals surface area contributed by atoms with Crippen LogP contribution in [0.5, 0.6) is 0 Å². The summed E-state index contributed by atoms with van der Waals surface area (Å²) in [6.45, 7) is 2.52. The zero-order valence-corrected chi connectivity index (χ0v) is 21.2. The van der Waals surface area contributed by atoms with Crippen molar-refractivity contribution in [2.45, 2.75) is 44.3 Å². The number of nitrogens with zero attached hydrogens (tertiary/aromatic N) is 1. The first-order valence-electron chi connectivity index (χ1n) is 13.2. The standard InChI is InChI=1S/C31H30N4O3/c1-2-16-32-29(36)25(17-19-10-4-3-5-11-19)34-30(37)26-18-23-20-12-8-9-15-24(20)33-27(23)28-21-13-6-7-14-22(21)31(38)35(26)28/h3-15,25-26,28,33H,2,16-18H2,1H3,(H,32,36)(H,34,37)/t25-,26+,28+/m0/s1. The lowest BCUT2D eigenvalue weighted by molar-refractivity contribution is -0.132. The number of H-pyrrole nitrogens is 1. The molecule has 0 fully saturated rings. The molecule has 38 heavy (non-hydrogen) atoms. The monoisotopic (exact) mass is 506 g/mol. The summed E-state index contributed by atoms with van der Waals surface area (Å²) >= 11 is 0. The molecule has 6 rings (SSSR count). The van der Waals surface area contributed by atoms with E-state index in [1.165, 1.54) is 0 Å². The van der Waals surface area contributed by atoms with Crippen LogP contribution >= 0.6 is 0 Å². The van der Waals surface area contributed by atoms with E-state index in [9.17, 15) is 14.4 Å². The number of fused-ring (bicyclic) bond motifs is 7. The van der Waals surface area contributed by atoms with Crippen molar-refractivity contribution in [2.75, 3.05) is 6.54 Å². The van der Waals surface area contributed by atoms with Crippen LogP contribution in [0.4, 0.5) is 0 Å². The molecule has 0 saturated heterocycles. The normalized spacial score (nSPS) is 18.4. The lowest BCUT2D eigenvalue weighted by Gasteiger charge is -2.37. The highest BCUT2D eigenvalue weighted by Gasteiger charge is 2.49. The fraction of sp³-hybridized carbons (Fsp3) is 0.258. The van der Waals surface area contributed by atoms with Crippen LogP contribution in [0.1, 0.15) is 52.1 Å². The highest BCUT2D eigenvalue weighted by atomic mass is 16.2. The summed E-state index contributed by atoms with van der Waals surface area (Å²) < 4.78 is 0. The van der Waals surface area contributed by atoms with E-state index in [4.69, 9.17) is 0 Å². The van der Waals surface area contributed by atoms with Crippen molar-refractivity contribution < 1.29 is 14.4 Å². The van der Waals surface area contributed by atoms with E-state index in [-0.39, 0.29) is 23.8 Å². The largest absolute Gasteiger partial charge is 0.356 e. The van der Waals surface area contributed by atoms with Gasteiger partial charge in [0.05, 0.1) is 6.04 Å². The Bertz CT molecular complexity index is 1530. The Morgan fingerprint density at radius 3 is 2.55 bits per heavy atom. The van der Waals surface area contributed by atoms with Crippen molar-refractivity contribution in [3.63, 3.8) is 0 Å². The molecular formula is C31H30N4O3. The Morgan fingerprint density at radius 1 is 1.00 bits per heavy atom. The first kappa shape index (κ1) is 24.0. The quantitative estimate of drug-likeness (QED) is 0.355. The van der Waals surface area contributed by atoms with Crippen LogP contribution in [0.3, 0.4) is 0 Å². The summed E-state index contributed by atoms with van der Waals surface area (Å²) in [5, 5.41) is 7.00. The smallest absolute Gasteiger partial charge is 0.255 e. The molecule has 0 unspecified atom stereocenters. The first-order chi connectivity index (χ1) is 18.6. The number of amides is 3. The molecule has 3 N–H and O–H groups in total. The summed E-state index contributed by atoms with van der Waals surface area (Å²) in [6.07, 6.45) is 1.53. The number of carbonyl (C=O) groups excluding carboxylic acids is 3. The Hall–Kier alpha value is -4.39. The van der Waals surface area contributed by atoms with E-state index in [1.807, 2.05) is 85.8 Å². The van der Waals surface area contributed by atoms with Crippen LogP contribution < -0.4 is 10.6 Å². The van der Waals surface area contributed by atoms with Gasteiger partial charge in [0.15, 0.2) is 0 Å². The fourth-order valence-corrected chi connectivity index (χ4v) is 5.84. The second-order valence-corrected chi connectivity index (χ2v) is 10.0. The van der Waals surface area contributed by atoms with Crippen molar-refractivity contribution in [1.82, 2.24) is 20.5 Å². The molecule has 1 aromatic heterocycles. The zero-order chi connectivity index (χ0) is 26.2. The number of rotatable bonds is 7. The van der Waals surface area contributed by atoms with E-state index < -0.39 is 12.1 Å². The van der Waals surface area contributed by atoms with Gasteiger partial charge in [-0.25, -0.2) is 0 Å². The zero-order valence-electron chi connectivity index (χ0n) is 21.2. The summed E-state index contributed by atoms with van der Waals surface area (Å²) in [6, 6.07) is 23.4. The van der Waals surface area contributed by atoms with Gasteiger partial charge in [0, 0.05) is 41.5 Å². The van der Waals surface area contributed by atoms with Crippen LogP contribution in [0.15, 0.2) is 78.9 Å². The Morgan fingerprint density at radius 2 is 1.74 bits per heavy atom. The minimum atomic E-state index is -0.751. The predicted octanol–water partition coefficient (Wildman–Crippen LogP) is 3.89. The molecule has 3 aromatic carbocycles. The van der Waals surface area contributed by atoms with Crippen molar-refractivity contribution in [3.05, 3.63) is 107 Å². The van der Waals surface area contributed by atoms with E-state index in [0.717, 1.165) is 39.7 Å². The molecule has 0 radical (unpaired) electrons. The number of hydrogen-bond acceptors (Lipinski definition) is 3. The molecule has 0 bridgehead atoms. The average Bonchev–Trinajstić information content (AvgIpc) is 3.47. The molecule has 192 valence electrons. The summed E-state index contributed by atoms with van der Waals surface area (Å²) in [5.41, 5.74) is 5.44. The van der Waals surface area contributed by atoms with Crippen LogP contribution in [-0.4, -0.2) is 46.2 Å². The molecule has 7 nitrogen and oxygen atoms in total. The molecule has 7 heteroatoms. The molecule has 4 aromatic rings. The van der Waals surface area contributed by atoms with E-state index in [0.29, 0.717) is 24.9 Å². The average molecular weight is 507 g/mol. The Labute approximate surface area is 221 Å². The maximum atomic E-state index is 14.0. The highest BCUT2D eigenvalue weighted by molar-refractivity contribution is 6.04. The van der Waals surface area contributed by atoms with Crippen molar-refractivity contribution in [3.8, 4) is 0 Å². The third kappa shape index (κ3) is 4.04. The van der Waals surface area contributed by atoms with E-state index >= 15 is 0 Å². The maximum absolute atomic E-state index is 14.0. The van der Waals surface area contributed by atoms with Crippen molar-refractivity contribution in [2.24, 2.45) is 0 Å². The van der Waals surface area contributed by atoms with Gasteiger partial charge in [0.2, 0.25) is 11.8 Å². The van der Waals surface area contributed by atoms with Crippen LogP contribution in [0.25, 0.3) is 10.9 Å². The van der Waals surface area contributed by atoms with Gasteiger partial charge in [0.25, 0.3) is 5.91 Å². The minimum Gasteiger partial charge on any atom is -0.356 e. The molecule has 2 aliphatic heterocycles. The van der Waals surface area contributed by atoms with Gasteiger partial charge < -0.3 is 20.5 Å².